The van der Waals surface area contributed by atoms with Crippen LogP contribution in [0.5, 0.6) is 0 Å². The molecule has 1 heterocycles. The van der Waals surface area contributed by atoms with Gasteiger partial charge in [-0.05, 0) is 36.1 Å². The highest BCUT2D eigenvalue weighted by Crippen LogP contribution is 2.37. The molecule has 0 bridgehead atoms. The maximum atomic E-state index is 10.5. The molecule has 3 nitrogen and oxygen atoms in total. The second kappa shape index (κ2) is 4.31. The molecule has 82 valence electrons. The van der Waals surface area contributed by atoms with Gasteiger partial charge in [0.25, 0.3) is 0 Å². The summed E-state index contributed by atoms with van der Waals surface area (Å²) >= 11 is 0. The van der Waals surface area contributed by atoms with Crippen LogP contribution in [0.3, 0.4) is 0 Å². The molecule has 0 radical (unpaired) electrons. The van der Waals surface area contributed by atoms with Gasteiger partial charge in [0.05, 0.1) is 6.26 Å². The molecule has 0 aromatic carbocycles. The molecule has 0 aromatic rings. The molecule has 0 spiro atoms. The van der Waals surface area contributed by atoms with Crippen LogP contribution in [0.2, 0.25) is 0 Å². The van der Waals surface area contributed by atoms with Gasteiger partial charge in [-0.1, -0.05) is 24.8 Å². The molecule has 0 atom stereocenters. The van der Waals surface area contributed by atoms with E-state index in [4.69, 9.17) is 4.74 Å². The van der Waals surface area contributed by atoms with Crippen molar-refractivity contribution in [2.24, 2.45) is 5.18 Å². The lowest BCUT2D eigenvalue weighted by Gasteiger charge is -2.24. The number of allylic oxidation sites excluding steroid dienone is 5. The lowest BCUT2D eigenvalue weighted by Crippen LogP contribution is -2.07. The Balaban J connectivity index is 2.48. The second-order valence-electron chi connectivity index (χ2n) is 3.78. The summed E-state index contributed by atoms with van der Waals surface area (Å²) in [5.41, 5.74) is 3.41. The number of ether oxygens (including phenoxy) is 1. The Morgan fingerprint density at radius 1 is 1.50 bits per heavy atom. The third-order valence-electron chi connectivity index (χ3n) is 2.87. The highest BCUT2D eigenvalue weighted by atomic mass is 16.5. The molecule has 0 N–H and O–H groups in total. The Morgan fingerprint density at radius 2 is 2.25 bits per heavy atom. The zero-order valence-corrected chi connectivity index (χ0v) is 9.03. The number of rotatable bonds is 3. The number of hydrogen-bond acceptors (Lipinski definition) is 3. The Kier molecular flexibility index (Phi) is 2.86. The van der Waals surface area contributed by atoms with Crippen molar-refractivity contribution in [3.8, 4) is 0 Å². The number of nitroso groups, excluding NO2 is 1. The van der Waals surface area contributed by atoms with E-state index in [2.05, 4.69) is 18.3 Å². The van der Waals surface area contributed by atoms with E-state index in [0.29, 0.717) is 5.76 Å². The van der Waals surface area contributed by atoms with Gasteiger partial charge in [-0.3, -0.25) is 0 Å². The van der Waals surface area contributed by atoms with Crippen LogP contribution in [0, 0.1) is 4.91 Å². The summed E-state index contributed by atoms with van der Waals surface area (Å²) in [7, 11) is 0. The Bertz CT molecular complexity index is 447. The minimum atomic E-state index is 0.108. The van der Waals surface area contributed by atoms with E-state index in [9.17, 15) is 4.91 Å². The van der Waals surface area contributed by atoms with Crippen LogP contribution in [0.25, 0.3) is 0 Å². The van der Waals surface area contributed by atoms with Crippen LogP contribution < -0.4 is 0 Å². The molecule has 16 heavy (non-hydrogen) atoms. The zero-order valence-electron chi connectivity index (χ0n) is 9.03. The largest absolute Gasteiger partial charge is 0.462 e. The first kappa shape index (κ1) is 10.6. The molecule has 1 aliphatic carbocycles. The predicted octanol–water partition coefficient (Wildman–Crippen LogP) is 3.73. The first-order valence-electron chi connectivity index (χ1n) is 5.23. The Hall–Kier alpha value is -1.90. The summed E-state index contributed by atoms with van der Waals surface area (Å²) in [5, 5.41) is 2.82. The van der Waals surface area contributed by atoms with Crippen molar-refractivity contribution in [1.29, 1.82) is 0 Å². The summed E-state index contributed by atoms with van der Waals surface area (Å²) in [6.07, 6.45) is 8.60. The van der Waals surface area contributed by atoms with Crippen LogP contribution in [0.1, 0.15) is 19.3 Å². The maximum Gasteiger partial charge on any atom is 0.162 e. The van der Waals surface area contributed by atoms with E-state index >= 15 is 0 Å². The van der Waals surface area contributed by atoms with E-state index in [0.717, 1.165) is 24.0 Å². The van der Waals surface area contributed by atoms with Crippen LogP contribution in [-0.4, -0.2) is 0 Å². The van der Waals surface area contributed by atoms with Gasteiger partial charge in [-0.2, -0.15) is 0 Å². The molecule has 1 saturated carbocycles. The van der Waals surface area contributed by atoms with Crippen molar-refractivity contribution >= 4 is 0 Å². The van der Waals surface area contributed by atoms with Gasteiger partial charge in [-0.25, -0.2) is 0 Å². The fraction of sp³-hybridized carbons (Fsp3) is 0.231. The third-order valence-corrected chi connectivity index (χ3v) is 2.87. The fourth-order valence-electron chi connectivity index (χ4n) is 1.84. The average Bonchev–Trinajstić information content (AvgIpc) is 2.25. The van der Waals surface area contributed by atoms with E-state index in [1.54, 1.807) is 12.3 Å². The molecule has 3 heteroatoms. The lowest BCUT2D eigenvalue weighted by atomic mass is 9.84. The van der Waals surface area contributed by atoms with Crippen molar-refractivity contribution in [1.82, 2.24) is 0 Å². The third kappa shape index (κ3) is 1.65. The lowest BCUT2D eigenvalue weighted by molar-refractivity contribution is 0.352. The normalized spacial score (nSPS) is 19.0. The zero-order chi connectivity index (χ0) is 11.5. The SMILES string of the molecule is C=CC1=C(C(=C)N=O)OC=CC1=C1CCC1. The summed E-state index contributed by atoms with van der Waals surface area (Å²) in [6, 6.07) is 0. The monoisotopic (exact) mass is 215 g/mol. The minimum absolute atomic E-state index is 0.108. The average molecular weight is 215 g/mol. The van der Waals surface area contributed by atoms with E-state index in [1.165, 1.54) is 12.0 Å². The van der Waals surface area contributed by atoms with Crippen molar-refractivity contribution < 1.29 is 4.74 Å². The van der Waals surface area contributed by atoms with Crippen molar-refractivity contribution in [3.63, 3.8) is 0 Å². The Morgan fingerprint density at radius 3 is 2.75 bits per heavy atom. The first-order chi connectivity index (χ1) is 7.77. The highest BCUT2D eigenvalue weighted by Gasteiger charge is 2.21. The van der Waals surface area contributed by atoms with Gasteiger partial charge in [0.15, 0.2) is 5.76 Å². The molecule has 2 aliphatic rings. The van der Waals surface area contributed by atoms with Gasteiger partial charge >= 0.3 is 0 Å². The minimum Gasteiger partial charge on any atom is -0.462 e. The van der Waals surface area contributed by atoms with Gasteiger partial charge in [-0.15, -0.1) is 4.91 Å². The topological polar surface area (TPSA) is 38.7 Å². The summed E-state index contributed by atoms with van der Waals surface area (Å²) in [5.74, 6) is 0.418. The molecule has 0 aromatic heterocycles. The van der Waals surface area contributed by atoms with Gasteiger partial charge < -0.3 is 4.74 Å². The van der Waals surface area contributed by atoms with Crippen molar-refractivity contribution in [3.05, 3.63) is 64.7 Å². The van der Waals surface area contributed by atoms with E-state index < -0.39 is 0 Å². The molecular formula is C13H13NO2. The molecule has 2 rings (SSSR count). The van der Waals surface area contributed by atoms with Crippen LogP contribution >= 0.6 is 0 Å². The number of nitrogens with zero attached hydrogens (tertiary/aromatic N) is 1. The molecule has 1 aliphatic heterocycles. The summed E-state index contributed by atoms with van der Waals surface area (Å²) in [6.45, 7) is 7.32. The first-order valence-corrected chi connectivity index (χ1v) is 5.23. The molecule has 0 unspecified atom stereocenters. The quantitative estimate of drug-likeness (QED) is 0.673. The molecule has 1 fully saturated rings. The van der Waals surface area contributed by atoms with E-state index in [1.807, 2.05) is 6.08 Å². The van der Waals surface area contributed by atoms with Crippen molar-refractivity contribution in [2.45, 2.75) is 19.3 Å². The van der Waals surface area contributed by atoms with Crippen LogP contribution in [-0.2, 0) is 4.74 Å². The van der Waals surface area contributed by atoms with Gasteiger partial charge in [0.2, 0.25) is 0 Å². The van der Waals surface area contributed by atoms with Crippen LogP contribution in [0.15, 0.2) is 64.9 Å². The fourth-order valence-corrected chi connectivity index (χ4v) is 1.84. The molecular weight excluding hydrogens is 202 g/mol. The standard InChI is InChI=1S/C13H13NO2/c1-3-11-12(10-5-4-6-10)7-8-16-13(11)9(2)14-15/h3,7-8H,1-2,4-6H2. The molecule has 0 amide bonds. The highest BCUT2D eigenvalue weighted by molar-refractivity contribution is 5.56. The van der Waals surface area contributed by atoms with Gasteiger partial charge in [0, 0.05) is 5.57 Å². The smallest absolute Gasteiger partial charge is 0.162 e. The maximum absolute atomic E-state index is 10.5. The summed E-state index contributed by atoms with van der Waals surface area (Å²) < 4.78 is 5.28. The van der Waals surface area contributed by atoms with Crippen molar-refractivity contribution in [2.75, 3.05) is 0 Å². The predicted molar refractivity (Wildman–Crippen MR) is 63.3 cm³/mol. The molecule has 0 saturated heterocycles. The number of hydrogen-bond donors (Lipinski definition) is 0. The summed E-state index contributed by atoms with van der Waals surface area (Å²) in [4.78, 5) is 10.5. The van der Waals surface area contributed by atoms with E-state index in [-0.39, 0.29) is 5.70 Å². The second-order valence-corrected chi connectivity index (χ2v) is 3.78. The Labute approximate surface area is 94.5 Å². The van der Waals surface area contributed by atoms with Crippen LogP contribution in [0.4, 0.5) is 0 Å². The van der Waals surface area contributed by atoms with Gasteiger partial charge in [0.1, 0.15) is 5.70 Å².